The molecule has 0 aliphatic rings. The van der Waals surface area contributed by atoms with Gasteiger partial charge in [0.25, 0.3) is 11.6 Å². The predicted molar refractivity (Wildman–Crippen MR) is 89.8 cm³/mol. The first kappa shape index (κ1) is 19.8. The second-order valence-corrected chi connectivity index (χ2v) is 6.52. The van der Waals surface area contributed by atoms with Crippen molar-refractivity contribution in [2.75, 3.05) is 19.9 Å². The molecule has 1 aromatic rings. The zero-order valence-corrected chi connectivity index (χ0v) is 14.7. The van der Waals surface area contributed by atoms with Crippen molar-refractivity contribution in [2.24, 2.45) is 5.41 Å². The number of amides is 1. The van der Waals surface area contributed by atoms with Gasteiger partial charge in [-0.3, -0.25) is 19.7 Å². The average Bonchev–Trinajstić information content (AvgIpc) is 2.52. The second kappa shape index (κ2) is 8.00. The Morgan fingerprint density at radius 1 is 1.42 bits per heavy atom. The van der Waals surface area contributed by atoms with Crippen molar-refractivity contribution in [1.82, 2.24) is 5.32 Å². The molecule has 2 N–H and O–H groups in total. The van der Waals surface area contributed by atoms with Gasteiger partial charge in [-0.25, -0.2) is 0 Å². The van der Waals surface area contributed by atoms with Crippen LogP contribution in [-0.4, -0.2) is 41.8 Å². The molecule has 1 amide bonds. The van der Waals surface area contributed by atoms with Crippen LogP contribution in [0.2, 0.25) is 0 Å². The highest BCUT2D eigenvalue weighted by Crippen LogP contribution is 2.34. The highest BCUT2D eigenvalue weighted by atomic mass is 32.2. The van der Waals surface area contributed by atoms with Crippen LogP contribution in [-0.2, 0) is 4.79 Å². The molecule has 0 saturated heterocycles. The average molecular weight is 356 g/mol. The summed E-state index contributed by atoms with van der Waals surface area (Å²) in [5.74, 6) is -1.28. The molecule has 0 saturated carbocycles. The van der Waals surface area contributed by atoms with Gasteiger partial charge in [0.1, 0.15) is 11.3 Å². The Bertz CT molecular complexity index is 660. The molecule has 0 heterocycles. The molecular formula is C15H20N2O6S. The van der Waals surface area contributed by atoms with Crippen molar-refractivity contribution in [1.29, 1.82) is 0 Å². The predicted octanol–water partition coefficient (Wildman–Crippen LogP) is 2.56. The highest BCUT2D eigenvalue weighted by Gasteiger charge is 2.28. The van der Waals surface area contributed by atoms with Gasteiger partial charge in [-0.15, -0.1) is 11.8 Å². The summed E-state index contributed by atoms with van der Waals surface area (Å²) >= 11 is 1.30. The van der Waals surface area contributed by atoms with Crippen LogP contribution in [0.5, 0.6) is 5.75 Å². The molecule has 0 fully saturated rings. The normalized spacial score (nSPS) is 11.0. The maximum absolute atomic E-state index is 12.3. The molecule has 1 rings (SSSR count). The maximum Gasteiger partial charge on any atom is 0.309 e. The van der Waals surface area contributed by atoms with Crippen molar-refractivity contribution in [3.05, 3.63) is 27.8 Å². The van der Waals surface area contributed by atoms with Crippen LogP contribution >= 0.6 is 11.8 Å². The Morgan fingerprint density at radius 2 is 2.04 bits per heavy atom. The molecule has 0 aliphatic heterocycles. The number of nitrogens with one attached hydrogen (secondary N) is 1. The maximum atomic E-state index is 12.3. The fourth-order valence-corrected chi connectivity index (χ4v) is 2.47. The number of hydrogen-bond donors (Lipinski definition) is 2. The van der Waals surface area contributed by atoms with Crippen molar-refractivity contribution in [2.45, 2.75) is 25.2 Å². The zero-order valence-electron chi connectivity index (χ0n) is 13.9. The first-order valence-corrected chi connectivity index (χ1v) is 8.28. The van der Waals surface area contributed by atoms with E-state index in [2.05, 4.69) is 5.32 Å². The lowest BCUT2D eigenvalue weighted by molar-refractivity contribution is -0.385. The van der Waals surface area contributed by atoms with E-state index in [0.717, 1.165) is 0 Å². The summed E-state index contributed by atoms with van der Waals surface area (Å²) in [4.78, 5) is 34.5. The summed E-state index contributed by atoms with van der Waals surface area (Å²) in [5, 5.41) is 22.8. The van der Waals surface area contributed by atoms with E-state index < -0.39 is 22.2 Å². The molecule has 0 unspecified atom stereocenters. The first-order valence-electron chi connectivity index (χ1n) is 7.06. The fourth-order valence-electron chi connectivity index (χ4n) is 1.89. The smallest absolute Gasteiger partial charge is 0.309 e. The van der Waals surface area contributed by atoms with Crippen LogP contribution in [0.1, 0.15) is 30.6 Å². The van der Waals surface area contributed by atoms with Crippen LogP contribution in [0.3, 0.4) is 0 Å². The van der Waals surface area contributed by atoms with Crippen LogP contribution < -0.4 is 10.1 Å². The van der Waals surface area contributed by atoms with Crippen molar-refractivity contribution in [3.63, 3.8) is 0 Å². The number of ether oxygens (including phenoxy) is 1. The molecule has 0 bridgehead atoms. The molecule has 0 aromatic heterocycles. The molecular weight excluding hydrogens is 336 g/mol. The molecule has 1 aromatic carbocycles. The lowest BCUT2D eigenvalue weighted by Gasteiger charge is -2.19. The standard InChI is InChI=1S/C15H20N2O6S/c1-15(2,14(19)20)5-6-16-13(18)9-7-12(24-4)11(23-3)8-10(9)17(21)22/h7-8H,5-6H2,1-4H3,(H,16,18)(H,19,20). The number of carbonyl (C=O) groups is 2. The lowest BCUT2D eigenvalue weighted by Crippen LogP contribution is -2.32. The van der Waals surface area contributed by atoms with Crippen molar-refractivity contribution >= 4 is 29.3 Å². The van der Waals surface area contributed by atoms with Crippen LogP contribution in [0.4, 0.5) is 5.69 Å². The van der Waals surface area contributed by atoms with E-state index in [1.165, 1.54) is 31.0 Å². The molecule has 8 nitrogen and oxygen atoms in total. The number of thioether (sulfide) groups is 1. The van der Waals surface area contributed by atoms with Crippen LogP contribution in [0.15, 0.2) is 17.0 Å². The van der Waals surface area contributed by atoms with E-state index in [1.54, 1.807) is 20.1 Å². The van der Waals surface area contributed by atoms with E-state index in [0.29, 0.717) is 10.6 Å². The van der Waals surface area contributed by atoms with E-state index in [9.17, 15) is 19.7 Å². The third kappa shape index (κ3) is 4.60. The fraction of sp³-hybridized carbons (Fsp3) is 0.467. The molecule has 0 spiro atoms. The Morgan fingerprint density at radius 3 is 2.50 bits per heavy atom. The van der Waals surface area contributed by atoms with Gasteiger partial charge in [-0.1, -0.05) is 0 Å². The summed E-state index contributed by atoms with van der Waals surface area (Å²) < 4.78 is 5.09. The Balaban J connectivity index is 3.01. The van der Waals surface area contributed by atoms with Gasteiger partial charge in [0.05, 0.1) is 28.4 Å². The summed E-state index contributed by atoms with van der Waals surface area (Å²) in [6.45, 7) is 3.18. The monoisotopic (exact) mass is 356 g/mol. The quantitative estimate of drug-likeness (QED) is 0.417. The number of benzene rings is 1. The molecule has 132 valence electrons. The van der Waals surface area contributed by atoms with Gasteiger partial charge in [0.15, 0.2) is 0 Å². The summed E-state index contributed by atoms with van der Waals surface area (Å²) in [6, 6.07) is 2.61. The zero-order chi connectivity index (χ0) is 18.5. The molecule has 24 heavy (non-hydrogen) atoms. The second-order valence-electron chi connectivity index (χ2n) is 5.68. The van der Waals surface area contributed by atoms with Gasteiger partial charge < -0.3 is 15.2 Å². The summed E-state index contributed by atoms with van der Waals surface area (Å²) in [7, 11) is 1.40. The number of methoxy groups -OCH3 is 1. The van der Waals surface area contributed by atoms with E-state index in [1.807, 2.05) is 0 Å². The third-order valence-corrected chi connectivity index (χ3v) is 4.32. The minimum Gasteiger partial charge on any atom is -0.495 e. The van der Waals surface area contributed by atoms with Crippen molar-refractivity contribution in [3.8, 4) is 5.75 Å². The minimum absolute atomic E-state index is 0.0849. The number of carboxylic acids is 1. The number of carbonyl (C=O) groups excluding carboxylic acids is 1. The molecule has 9 heteroatoms. The van der Waals surface area contributed by atoms with Gasteiger partial charge in [-0.05, 0) is 32.6 Å². The SMILES string of the molecule is COc1cc([N+](=O)[O-])c(C(=O)NCCC(C)(C)C(=O)O)cc1SC. The Hall–Kier alpha value is -2.29. The number of nitro benzene ring substituents is 1. The summed E-state index contributed by atoms with van der Waals surface area (Å²) in [6.07, 6.45) is 1.97. The number of hydrogen-bond acceptors (Lipinski definition) is 6. The van der Waals surface area contributed by atoms with Gasteiger partial charge in [-0.2, -0.15) is 0 Å². The number of aliphatic carboxylic acids is 1. The van der Waals surface area contributed by atoms with Gasteiger partial charge in [0, 0.05) is 6.54 Å². The van der Waals surface area contributed by atoms with Crippen LogP contribution in [0.25, 0.3) is 0 Å². The van der Waals surface area contributed by atoms with Gasteiger partial charge in [0.2, 0.25) is 0 Å². The van der Waals surface area contributed by atoms with Gasteiger partial charge >= 0.3 is 5.97 Å². The number of rotatable bonds is 8. The van der Waals surface area contributed by atoms with E-state index in [-0.39, 0.29) is 24.2 Å². The van der Waals surface area contributed by atoms with E-state index in [4.69, 9.17) is 9.84 Å². The Kier molecular flexibility index (Phi) is 6.59. The first-order chi connectivity index (χ1) is 11.1. The summed E-state index contributed by atoms with van der Waals surface area (Å²) in [5.41, 5.74) is -1.44. The molecule has 0 atom stereocenters. The number of nitro groups is 1. The van der Waals surface area contributed by atoms with E-state index >= 15 is 0 Å². The Labute approximate surface area is 143 Å². The largest absolute Gasteiger partial charge is 0.495 e. The lowest BCUT2D eigenvalue weighted by atomic mass is 9.89. The minimum atomic E-state index is -0.996. The third-order valence-electron chi connectivity index (χ3n) is 3.56. The number of nitrogens with zero attached hydrogens (tertiary/aromatic N) is 1. The number of carboxylic acid groups (broad SMARTS) is 1. The van der Waals surface area contributed by atoms with Crippen LogP contribution in [0, 0.1) is 15.5 Å². The topological polar surface area (TPSA) is 119 Å². The highest BCUT2D eigenvalue weighted by molar-refractivity contribution is 7.98. The molecule has 0 radical (unpaired) electrons. The van der Waals surface area contributed by atoms with Crippen molar-refractivity contribution < 1.29 is 24.4 Å². The molecule has 0 aliphatic carbocycles.